The Bertz CT molecular complexity index is 549. The van der Waals surface area contributed by atoms with Gasteiger partial charge >= 0.3 is 0 Å². The van der Waals surface area contributed by atoms with Crippen molar-refractivity contribution in [2.24, 2.45) is 0 Å². The number of carbonyl (C=O) groups excluding carboxylic acids is 1. The summed E-state index contributed by atoms with van der Waals surface area (Å²) < 4.78 is 0. The first kappa shape index (κ1) is 11.6. The van der Waals surface area contributed by atoms with Gasteiger partial charge in [0.1, 0.15) is 0 Å². The second-order valence-corrected chi connectivity index (χ2v) is 5.46. The average molecular weight is 298 g/mol. The van der Waals surface area contributed by atoms with Crippen LogP contribution >= 0.6 is 27.5 Å². The molecule has 0 saturated carbocycles. The Morgan fingerprint density at radius 2 is 2.06 bits per heavy atom. The number of fused-ring (bicyclic) bond motifs is 1. The van der Waals surface area contributed by atoms with Crippen molar-refractivity contribution in [1.82, 2.24) is 0 Å². The fourth-order valence-electron chi connectivity index (χ4n) is 1.67. The van der Waals surface area contributed by atoms with E-state index in [2.05, 4.69) is 15.9 Å². The Labute approximate surface area is 108 Å². The Morgan fingerprint density at radius 1 is 1.31 bits per heavy atom. The predicted molar refractivity (Wildman–Crippen MR) is 71.7 cm³/mol. The molecule has 0 heterocycles. The third-order valence-electron chi connectivity index (χ3n) is 2.47. The highest BCUT2D eigenvalue weighted by atomic mass is 79.9. The summed E-state index contributed by atoms with van der Waals surface area (Å²) in [6, 6.07) is 11.3. The minimum atomic E-state index is -0.183. The Morgan fingerprint density at radius 3 is 2.75 bits per heavy atom. The Hall–Kier alpha value is -0.860. The van der Waals surface area contributed by atoms with Crippen LogP contribution in [0.2, 0.25) is 5.02 Å². The summed E-state index contributed by atoms with van der Waals surface area (Å²) in [4.78, 5) is 11.8. The zero-order valence-corrected chi connectivity index (χ0v) is 11.0. The average Bonchev–Trinajstić information content (AvgIpc) is 2.27. The molecule has 0 aliphatic heterocycles. The molecule has 0 fully saturated rings. The van der Waals surface area contributed by atoms with Crippen LogP contribution in [-0.4, -0.2) is 10.6 Å². The number of hydrogen-bond donors (Lipinski definition) is 0. The van der Waals surface area contributed by atoms with Gasteiger partial charge in [-0.05, 0) is 29.8 Å². The van der Waals surface area contributed by atoms with E-state index in [4.69, 9.17) is 11.6 Å². The molecule has 16 heavy (non-hydrogen) atoms. The second kappa shape index (κ2) is 4.56. The van der Waals surface area contributed by atoms with Crippen LogP contribution in [0.5, 0.6) is 0 Å². The molecule has 0 aliphatic rings. The van der Waals surface area contributed by atoms with Gasteiger partial charge in [0.15, 0.2) is 5.78 Å². The fraction of sp³-hybridized carbons (Fsp3) is 0.154. The molecule has 0 N–H and O–H groups in total. The van der Waals surface area contributed by atoms with Crippen molar-refractivity contribution in [1.29, 1.82) is 0 Å². The number of hydrogen-bond acceptors (Lipinski definition) is 1. The summed E-state index contributed by atoms with van der Waals surface area (Å²) in [5.41, 5.74) is 0.712. The van der Waals surface area contributed by atoms with E-state index in [0.29, 0.717) is 10.6 Å². The lowest BCUT2D eigenvalue weighted by Crippen LogP contribution is -2.10. The van der Waals surface area contributed by atoms with Crippen LogP contribution < -0.4 is 0 Å². The van der Waals surface area contributed by atoms with Gasteiger partial charge in [0, 0.05) is 10.6 Å². The van der Waals surface area contributed by atoms with Gasteiger partial charge in [0.25, 0.3) is 0 Å². The topological polar surface area (TPSA) is 17.1 Å². The molecule has 1 unspecified atom stereocenters. The third kappa shape index (κ3) is 2.13. The Kier molecular flexibility index (Phi) is 3.31. The largest absolute Gasteiger partial charge is 0.293 e. The van der Waals surface area contributed by atoms with Crippen molar-refractivity contribution < 1.29 is 4.79 Å². The normalized spacial score (nSPS) is 12.7. The van der Waals surface area contributed by atoms with Gasteiger partial charge < -0.3 is 0 Å². The summed E-state index contributed by atoms with van der Waals surface area (Å²) >= 11 is 9.25. The molecule has 0 aliphatic carbocycles. The molecular formula is C13H10BrClO. The third-order valence-corrected chi connectivity index (χ3v) is 3.12. The monoisotopic (exact) mass is 296 g/mol. The SMILES string of the molecule is CC(Br)C(=O)c1cccc2ccc(Cl)cc12. The van der Waals surface area contributed by atoms with Gasteiger partial charge in [-0.2, -0.15) is 0 Å². The van der Waals surface area contributed by atoms with Crippen molar-refractivity contribution in [3.63, 3.8) is 0 Å². The van der Waals surface area contributed by atoms with Gasteiger partial charge in [-0.15, -0.1) is 0 Å². The highest BCUT2D eigenvalue weighted by molar-refractivity contribution is 9.10. The highest BCUT2D eigenvalue weighted by Crippen LogP contribution is 2.24. The van der Waals surface area contributed by atoms with E-state index in [1.165, 1.54) is 0 Å². The van der Waals surface area contributed by atoms with E-state index in [9.17, 15) is 4.79 Å². The quantitative estimate of drug-likeness (QED) is 0.591. The summed E-state index contributed by atoms with van der Waals surface area (Å²) in [5, 5.41) is 2.59. The van der Waals surface area contributed by atoms with Crippen LogP contribution in [0.3, 0.4) is 0 Å². The standard InChI is InChI=1S/C13H10BrClO/c1-8(14)13(16)11-4-2-3-9-5-6-10(15)7-12(9)11/h2-8H,1H3. The number of rotatable bonds is 2. The summed E-state index contributed by atoms with van der Waals surface area (Å²) in [5.74, 6) is 0.0767. The number of halogens is 2. The molecule has 82 valence electrons. The zero-order valence-electron chi connectivity index (χ0n) is 8.71. The van der Waals surface area contributed by atoms with Crippen LogP contribution in [0.4, 0.5) is 0 Å². The van der Waals surface area contributed by atoms with Gasteiger partial charge in [-0.25, -0.2) is 0 Å². The van der Waals surface area contributed by atoms with Gasteiger partial charge in [-0.1, -0.05) is 51.8 Å². The number of carbonyl (C=O) groups is 1. The first-order chi connectivity index (χ1) is 7.59. The summed E-state index contributed by atoms with van der Waals surface area (Å²) in [6.45, 7) is 1.83. The zero-order chi connectivity index (χ0) is 11.7. The van der Waals surface area contributed by atoms with Gasteiger partial charge in [-0.3, -0.25) is 4.79 Å². The Balaban J connectivity index is 2.69. The first-order valence-electron chi connectivity index (χ1n) is 4.96. The maximum atomic E-state index is 12.0. The first-order valence-corrected chi connectivity index (χ1v) is 6.25. The molecule has 3 heteroatoms. The van der Waals surface area contributed by atoms with Crippen molar-refractivity contribution >= 4 is 44.1 Å². The molecule has 0 aromatic heterocycles. The molecule has 0 radical (unpaired) electrons. The van der Waals surface area contributed by atoms with Gasteiger partial charge in [0.05, 0.1) is 4.83 Å². The van der Waals surface area contributed by atoms with Gasteiger partial charge in [0.2, 0.25) is 0 Å². The molecule has 1 atom stereocenters. The molecule has 0 amide bonds. The van der Waals surface area contributed by atoms with Crippen molar-refractivity contribution in [2.75, 3.05) is 0 Å². The van der Waals surface area contributed by atoms with Crippen LogP contribution in [0.25, 0.3) is 10.8 Å². The molecular weight excluding hydrogens is 287 g/mol. The molecule has 1 nitrogen and oxygen atoms in total. The molecule has 2 aromatic rings. The maximum absolute atomic E-state index is 12.0. The number of benzene rings is 2. The molecule has 0 bridgehead atoms. The van der Waals surface area contributed by atoms with E-state index in [0.717, 1.165) is 10.8 Å². The maximum Gasteiger partial charge on any atom is 0.176 e. The number of alkyl halides is 1. The van der Waals surface area contributed by atoms with Crippen LogP contribution in [-0.2, 0) is 0 Å². The van der Waals surface area contributed by atoms with E-state index in [-0.39, 0.29) is 10.6 Å². The van der Waals surface area contributed by atoms with Crippen molar-refractivity contribution in [2.45, 2.75) is 11.8 Å². The van der Waals surface area contributed by atoms with Crippen molar-refractivity contribution in [3.8, 4) is 0 Å². The van der Waals surface area contributed by atoms with E-state index in [1.54, 1.807) is 0 Å². The number of ketones is 1. The van der Waals surface area contributed by atoms with Crippen LogP contribution in [0.1, 0.15) is 17.3 Å². The van der Waals surface area contributed by atoms with Crippen LogP contribution in [0.15, 0.2) is 36.4 Å². The van der Waals surface area contributed by atoms with Crippen molar-refractivity contribution in [3.05, 3.63) is 47.0 Å². The molecule has 2 rings (SSSR count). The minimum Gasteiger partial charge on any atom is -0.293 e. The smallest absolute Gasteiger partial charge is 0.176 e. The second-order valence-electron chi connectivity index (χ2n) is 3.65. The molecule has 0 spiro atoms. The number of Topliss-reactive ketones (excluding diaryl/α,β-unsaturated/α-hetero) is 1. The summed E-state index contributed by atoms with van der Waals surface area (Å²) in [6.07, 6.45) is 0. The van der Waals surface area contributed by atoms with E-state index < -0.39 is 0 Å². The minimum absolute atomic E-state index is 0.0767. The lowest BCUT2D eigenvalue weighted by Gasteiger charge is -2.07. The lowest BCUT2D eigenvalue weighted by molar-refractivity contribution is 0.0997. The predicted octanol–water partition coefficient (Wildman–Crippen LogP) is 4.46. The molecule has 2 aromatic carbocycles. The van der Waals surface area contributed by atoms with E-state index >= 15 is 0 Å². The molecule has 0 saturated heterocycles. The highest BCUT2D eigenvalue weighted by Gasteiger charge is 2.14. The van der Waals surface area contributed by atoms with E-state index in [1.807, 2.05) is 43.3 Å². The fourth-order valence-corrected chi connectivity index (χ4v) is 2.09. The lowest BCUT2D eigenvalue weighted by atomic mass is 10.0. The summed E-state index contributed by atoms with van der Waals surface area (Å²) in [7, 11) is 0. The van der Waals surface area contributed by atoms with Crippen LogP contribution in [0, 0.1) is 0 Å².